The molecule has 4 nitrogen and oxygen atoms in total. The second kappa shape index (κ2) is 5.73. The fourth-order valence-electron chi connectivity index (χ4n) is 3.88. The van der Waals surface area contributed by atoms with E-state index in [1.807, 2.05) is 0 Å². The van der Waals surface area contributed by atoms with Gasteiger partial charge >= 0.3 is 0 Å². The smallest absolute Gasteiger partial charge is 0.0540 e. The molecule has 1 aliphatic carbocycles. The molecule has 3 rings (SSSR count). The summed E-state index contributed by atoms with van der Waals surface area (Å²) in [5.41, 5.74) is 3.19. The van der Waals surface area contributed by atoms with Crippen LogP contribution in [0.15, 0.2) is 6.20 Å². The lowest BCUT2D eigenvalue weighted by molar-refractivity contribution is 0.0930. The minimum absolute atomic E-state index is 0.312. The van der Waals surface area contributed by atoms with Gasteiger partial charge in [-0.25, -0.2) is 0 Å². The normalized spacial score (nSPS) is 25.0. The zero-order chi connectivity index (χ0) is 15.0. The van der Waals surface area contributed by atoms with E-state index in [2.05, 4.69) is 54.0 Å². The van der Waals surface area contributed by atoms with E-state index in [4.69, 9.17) is 0 Å². The van der Waals surface area contributed by atoms with E-state index in [0.29, 0.717) is 17.6 Å². The van der Waals surface area contributed by atoms with Gasteiger partial charge in [0.25, 0.3) is 0 Å². The van der Waals surface area contributed by atoms with Gasteiger partial charge in [0.05, 0.1) is 6.20 Å². The number of hydrogen-bond donors (Lipinski definition) is 1. The largest absolute Gasteiger partial charge is 0.307 e. The maximum absolute atomic E-state index is 4.45. The van der Waals surface area contributed by atoms with E-state index in [-0.39, 0.29) is 0 Å². The lowest BCUT2D eigenvalue weighted by Crippen LogP contribution is -2.50. The summed E-state index contributed by atoms with van der Waals surface area (Å²) in [5, 5.41) is 8.37. The number of piperidine rings is 1. The molecule has 0 bridgehead atoms. The molecular weight excluding hydrogens is 260 g/mol. The van der Waals surface area contributed by atoms with Gasteiger partial charge in [-0.05, 0) is 52.9 Å². The Kier molecular flexibility index (Phi) is 4.10. The maximum atomic E-state index is 4.45. The van der Waals surface area contributed by atoms with Crippen molar-refractivity contribution in [2.45, 2.75) is 70.5 Å². The summed E-state index contributed by atoms with van der Waals surface area (Å²) >= 11 is 0. The maximum Gasteiger partial charge on any atom is 0.0540 e. The highest BCUT2D eigenvalue weighted by Gasteiger charge is 2.30. The molecule has 4 heteroatoms. The van der Waals surface area contributed by atoms with Crippen molar-refractivity contribution in [3.63, 3.8) is 0 Å². The highest BCUT2D eigenvalue weighted by molar-refractivity contribution is 5.24. The summed E-state index contributed by atoms with van der Waals surface area (Å²) in [6.07, 6.45) is 8.35. The molecule has 2 aliphatic rings. The molecule has 21 heavy (non-hydrogen) atoms. The first-order valence-corrected chi connectivity index (χ1v) is 8.47. The summed E-state index contributed by atoms with van der Waals surface area (Å²) in [6.45, 7) is 9.40. The van der Waals surface area contributed by atoms with Gasteiger partial charge in [0.2, 0.25) is 0 Å². The first-order chi connectivity index (χ1) is 9.95. The molecule has 1 fully saturated rings. The second-order valence-electron chi connectivity index (χ2n) is 7.71. The highest BCUT2D eigenvalue weighted by atomic mass is 15.3. The van der Waals surface area contributed by atoms with Crippen molar-refractivity contribution < 1.29 is 0 Å². The molecule has 0 aromatic carbocycles. The van der Waals surface area contributed by atoms with Gasteiger partial charge < -0.3 is 5.32 Å². The SMILES string of the molecule is Cn1ncc2c1CCCC2NC1CCN(C(C)(C)C)CC1. The van der Waals surface area contributed by atoms with Crippen molar-refractivity contribution in [3.8, 4) is 0 Å². The quantitative estimate of drug-likeness (QED) is 0.909. The fraction of sp³-hybridized carbons (Fsp3) is 0.824. The summed E-state index contributed by atoms with van der Waals surface area (Å²) in [6, 6.07) is 1.19. The third kappa shape index (κ3) is 3.16. The molecule has 1 N–H and O–H groups in total. The van der Waals surface area contributed by atoms with Crippen LogP contribution in [0.3, 0.4) is 0 Å². The van der Waals surface area contributed by atoms with Gasteiger partial charge in [-0.1, -0.05) is 0 Å². The summed E-state index contributed by atoms with van der Waals surface area (Å²) in [5.74, 6) is 0. The van der Waals surface area contributed by atoms with Crippen LogP contribution in [0, 0.1) is 0 Å². The molecule has 1 aliphatic heterocycles. The Morgan fingerprint density at radius 3 is 2.57 bits per heavy atom. The molecule has 118 valence electrons. The number of rotatable bonds is 2. The van der Waals surface area contributed by atoms with E-state index in [9.17, 15) is 0 Å². The molecule has 0 radical (unpaired) electrons. The van der Waals surface area contributed by atoms with Crippen molar-refractivity contribution >= 4 is 0 Å². The van der Waals surface area contributed by atoms with Crippen LogP contribution in [0.1, 0.15) is 63.8 Å². The number of aryl methyl sites for hydroxylation is 1. The van der Waals surface area contributed by atoms with Gasteiger partial charge in [0, 0.05) is 49.0 Å². The average Bonchev–Trinajstić information content (AvgIpc) is 2.82. The molecule has 2 heterocycles. The van der Waals surface area contributed by atoms with Crippen LogP contribution < -0.4 is 5.32 Å². The Balaban J connectivity index is 1.59. The van der Waals surface area contributed by atoms with Crippen molar-refractivity contribution in [1.82, 2.24) is 20.0 Å². The van der Waals surface area contributed by atoms with Crippen molar-refractivity contribution in [3.05, 3.63) is 17.5 Å². The van der Waals surface area contributed by atoms with Gasteiger partial charge in [0.15, 0.2) is 0 Å². The van der Waals surface area contributed by atoms with Crippen LogP contribution in [0.25, 0.3) is 0 Å². The Morgan fingerprint density at radius 2 is 1.90 bits per heavy atom. The van der Waals surface area contributed by atoms with Gasteiger partial charge in [-0.2, -0.15) is 5.10 Å². The average molecular weight is 290 g/mol. The van der Waals surface area contributed by atoms with Crippen LogP contribution in [-0.2, 0) is 13.5 Å². The number of fused-ring (bicyclic) bond motifs is 1. The predicted molar refractivity (Wildman–Crippen MR) is 86.4 cm³/mol. The van der Waals surface area contributed by atoms with E-state index in [1.54, 1.807) is 0 Å². The zero-order valence-electron chi connectivity index (χ0n) is 14.0. The monoisotopic (exact) mass is 290 g/mol. The minimum atomic E-state index is 0.312. The number of likely N-dealkylation sites (tertiary alicyclic amines) is 1. The van der Waals surface area contributed by atoms with Crippen molar-refractivity contribution in [2.75, 3.05) is 13.1 Å². The number of nitrogens with zero attached hydrogens (tertiary/aromatic N) is 3. The lowest BCUT2D eigenvalue weighted by atomic mass is 9.91. The first-order valence-electron chi connectivity index (χ1n) is 8.47. The molecule has 1 saturated heterocycles. The van der Waals surface area contributed by atoms with Crippen molar-refractivity contribution in [2.24, 2.45) is 7.05 Å². The zero-order valence-corrected chi connectivity index (χ0v) is 14.0. The van der Waals surface area contributed by atoms with Gasteiger partial charge in [-0.15, -0.1) is 0 Å². The van der Waals surface area contributed by atoms with Crippen LogP contribution in [0.2, 0.25) is 0 Å². The molecule has 0 spiro atoms. The van der Waals surface area contributed by atoms with Gasteiger partial charge in [-0.3, -0.25) is 9.58 Å². The Labute approximate surface area is 128 Å². The molecular formula is C17H30N4. The lowest BCUT2D eigenvalue weighted by Gasteiger charge is -2.42. The molecule has 0 saturated carbocycles. The Bertz CT molecular complexity index is 477. The van der Waals surface area contributed by atoms with E-state index in [1.165, 1.54) is 56.5 Å². The number of hydrogen-bond acceptors (Lipinski definition) is 3. The third-order valence-corrected chi connectivity index (χ3v) is 5.26. The Hall–Kier alpha value is -0.870. The van der Waals surface area contributed by atoms with Crippen molar-refractivity contribution in [1.29, 1.82) is 0 Å². The first kappa shape index (κ1) is 15.0. The predicted octanol–water partition coefficient (Wildman–Crippen LogP) is 2.65. The molecule has 0 amide bonds. The number of nitrogens with one attached hydrogen (secondary N) is 1. The molecule has 1 aromatic rings. The van der Waals surface area contributed by atoms with Crippen LogP contribution in [-0.4, -0.2) is 39.4 Å². The topological polar surface area (TPSA) is 33.1 Å². The van der Waals surface area contributed by atoms with Crippen LogP contribution in [0.5, 0.6) is 0 Å². The molecule has 1 aromatic heterocycles. The third-order valence-electron chi connectivity index (χ3n) is 5.26. The highest BCUT2D eigenvalue weighted by Crippen LogP contribution is 2.31. The molecule has 1 unspecified atom stereocenters. The standard InChI is InChI=1S/C17H30N4/c1-17(2,3)21-10-8-13(9-11-21)19-15-6-5-7-16-14(15)12-18-20(16)4/h12-13,15,19H,5-11H2,1-4H3. The van der Waals surface area contributed by atoms with Gasteiger partial charge in [0.1, 0.15) is 0 Å². The van der Waals surface area contributed by atoms with E-state index in [0.717, 1.165) is 0 Å². The minimum Gasteiger partial charge on any atom is -0.307 e. The van der Waals surface area contributed by atoms with Crippen LogP contribution in [0.4, 0.5) is 0 Å². The summed E-state index contributed by atoms with van der Waals surface area (Å²) in [4.78, 5) is 2.61. The number of aromatic nitrogens is 2. The fourth-order valence-corrected chi connectivity index (χ4v) is 3.88. The summed E-state index contributed by atoms with van der Waals surface area (Å²) in [7, 11) is 2.07. The van der Waals surface area contributed by atoms with Crippen LogP contribution >= 0.6 is 0 Å². The Morgan fingerprint density at radius 1 is 1.19 bits per heavy atom. The summed E-state index contributed by atoms with van der Waals surface area (Å²) < 4.78 is 2.06. The second-order valence-corrected chi connectivity index (χ2v) is 7.71. The molecule has 1 atom stereocenters. The van der Waals surface area contributed by atoms with E-state index >= 15 is 0 Å². The van der Waals surface area contributed by atoms with E-state index < -0.39 is 0 Å².